The van der Waals surface area contributed by atoms with Crippen LogP contribution in [0.3, 0.4) is 0 Å². The molecule has 470 valence electrons. The van der Waals surface area contributed by atoms with E-state index in [1.165, 1.54) is 79.9 Å². The number of hydrogen-bond acceptors (Lipinski definition) is 21. The molecule has 0 saturated heterocycles. The van der Waals surface area contributed by atoms with E-state index in [0.717, 1.165) is 24.3 Å². The predicted molar refractivity (Wildman–Crippen MR) is 349 cm³/mol. The molecule has 25 nitrogen and oxygen atoms in total. The Morgan fingerprint density at radius 2 is 1.16 bits per heavy atom. The van der Waals surface area contributed by atoms with Gasteiger partial charge in [0.2, 0.25) is 34.8 Å². The van der Waals surface area contributed by atoms with E-state index in [2.05, 4.69) is 141 Å². The molecule has 2 aliphatic heterocycles. The van der Waals surface area contributed by atoms with Crippen LogP contribution >= 0.6 is 92.0 Å². The third-order valence-corrected chi connectivity index (χ3v) is 13.9. The number of nitrogen functional groups attached to an aromatic ring is 3. The number of rotatable bonds is 9. The lowest BCUT2D eigenvalue weighted by atomic mass is 9.97. The van der Waals surface area contributed by atoms with Gasteiger partial charge in [-0.15, -0.1) is 4.99 Å². The second kappa shape index (κ2) is 40.8. The minimum absolute atomic E-state index is 0.0203. The zero-order chi connectivity index (χ0) is 65.9. The lowest BCUT2D eigenvalue weighted by Crippen LogP contribution is -2.37. The Kier molecular flexibility index (Phi) is 35.5. The Hall–Kier alpha value is -7.53. The number of nitrogens with one attached hydrogen (secondary N) is 4. The largest absolute Gasteiger partial charge is 0.481 e. The molecule has 7 heterocycles. The van der Waals surface area contributed by atoms with Crippen molar-refractivity contribution in [2.24, 2.45) is 4.99 Å². The molecule has 88 heavy (non-hydrogen) atoms. The molecule has 0 spiro atoms. The lowest BCUT2D eigenvalue weighted by Gasteiger charge is -2.31. The number of hydrogen-bond donors (Lipinski definition) is 7. The molecule has 0 fully saturated rings. The number of aliphatic imine (C=N–C) groups is 1. The van der Waals surface area contributed by atoms with Gasteiger partial charge in [0.05, 0.1) is 65.5 Å². The van der Waals surface area contributed by atoms with Crippen molar-refractivity contribution in [1.82, 2.24) is 35.1 Å². The van der Waals surface area contributed by atoms with E-state index in [-0.39, 0.29) is 58.4 Å². The summed E-state index contributed by atoms with van der Waals surface area (Å²) < 4.78 is 70.8. The molecule has 0 saturated carbocycles. The second-order valence-electron chi connectivity index (χ2n) is 16.2. The SMILES string of the molecule is BrBr.COS(=O)(=O)OC.COc1ccc(Br)c(N)n1.COc1ccc(Br)c(N=C=O)n1.COc1ccc(Br)c(NC(=O)N2C=CC(=O)C[C@H]2c2ccc(F)cc2)n1.Nc1[nH]c(=O)ccc1Br.Nc1cccc(=O)[nH]1.O=C1C=CN[C@H](c2ccc(F)cc2)C1. The van der Waals surface area contributed by atoms with Gasteiger partial charge in [0, 0.05) is 83.8 Å². The van der Waals surface area contributed by atoms with Crippen LogP contribution in [0.4, 0.5) is 42.7 Å². The maximum Gasteiger partial charge on any atom is 0.399 e. The molecule has 2 atom stereocenters. The number of H-pyrrole nitrogens is 2. The van der Waals surface area contributed by atoms with Crippen molar-refractivity contribution in [2.45, 2.75) is 24.9 Å². The van der Waals surface area contributed by atoms with Crippen LogP contribution in [0.25, 0.3) is 0 Å². The molecule has 7 aromatic rings. The number of amides is 2. The molecule has 0 radical (unpaired) electrons. The molecule has 0 aliphatic carbocycles. The Bertz CT molecular complexity index is 3730. The number of aromatic amines is 2. The maximum atomic E-state index is 13.2. The predicted octanol–water partition coefficient (Wildman–Crippen LogP) is 11.1. The van der Waals surface area contributed by atoms with Crippen molar-refractivity contribution in [1.29, 1.82) is 0 Å². The number of pyridine rings is 5. The number of ether oxygens (including phenoxy) is 3. The highest BCUT2D eigenvalue weighted by Gasteiger charge is 2.29. The highest BCUT2D eigenvalue weighted by molar-refractivity contribution is 9.93. The zero-order valence-electron chi connectivity index (χ0n) is 46.6. The number of benzene rings is 2. The molecule has 2 aromatic carbocycles. The average Bonchev–Trinajstić information content (AvgIpc) is 2.61. The first-order valence-corrected chi connectivity index (χ1v) is 32.4. The number of nitrogens with zero attached hydrogens (tertiary/aromatic N) is 5. The van der Waals surface area contributed by atoms with E-state index in [0.29, 0.717) is 60.5 Å². The van der Waals surface area contributed by atoms with Crippen LogP contribution in [0.2, 0.25) is 0 Å². The maximum absolute atomic E-state index is 13.2. The summed E-state index contributed by atoms with van der Waals surface area (Å²) in [6.45, 7) is 0. The van der Waals surface area contributed by atoms with E-state index in [4.69, 9.17) is 31.4 Å². The van der Waals surface area contributed by atoms with Gasteiger partial charge in [0.15, 0.2) is 23.2 Å². The van der Waals surface area contributed by atoms with Gasteiger partial charge < -0.3 is 46.7 Å². The number of nitrogens with two attached hydrogens (primary N) is 3. The number of isocyanates is 1. The summed E-state index contributed by atoms with van der Waals surface area (Å²) >= 11 is 18.3. The first kappa shape index (κ1) is 76.6. The lowest BCUT2D eigenvalue weighted by molar-refractivity contribution is -0.116. The standard InChI is InChI=1S/C18H15BrFN3O3.C11H10FNO.C7H5BrN2O2.C6H7BrN2O.C5H5BrN2O.C5H6N2O.C2H6O4S.Br2/c1-26-16-7-6-14(19)17(21-16)22-18(25)23-9-8-13(24)10-15(23)11-2-4-12(20)5-3-11;12-9-3-1-8(2-4-9)11-7-10(14)5-6-13-11;1-12-6-3-2-5(8)7(10-6)9-4-11;1-10-5-3-2-4(7)6(8)9-5;6-3-1-2-4(9)8-5(3)7;6-4-2-1-3-5(8)7-4;1-5-7(3,4)6-2;1-2/h2-9,15H,10H2,1H3,(H,21,22,25);1-6,11,13H,7H2;2-3H,1H3;2-3H,1H3,(H2,8,9);1-2H,(H3,7,8,9);1-3H,(H3,6,7,8);1-2H3;/t15-;11-;;;;;;/m00....../s1. The normalized spacial score (nSPS) is 13.2. The molecule has 9 rings (SSSR count). The minimum atomic E-state index is -3.66. The molecule has 34 heteroatoms. The van der Waals surface area contributed by atoms with Crippen LogP contribution in [0.15, 0.2) is 172 Å². The quantitative estimate of drug-likeness (QED) is 0.0521. The molecular weight excluding hydrogens is 1570 g/mol. The molecule has 5 aromatic heterocycles. The van der Waals surface area contributed by atoms with Gasteiger partial charge >= 0.3 is 16.4 Å². The van der Waals surface area contributed by atoms with Crippen molar-refractivity contribution in [3.05, 3.63) is 201 Å². The number of allylic oxidation sites excluding steroid dienone is 2. The van der Waals surface area contributed by atoms with Crippen molar-refractivity contribution < 1.29 is 59.0 Å². The van der Waals surface area contributed by atoms with Crippen LogP contribution in [0.1, 0.15) is 36.1 Å². The first-order valence-electron chi connectivity index (χ1n) is 24.2. The second-order valence-corrected chi connectivity index (χ2v) is 21.1. The number of carbonyl (C=O) groups is 3. The topological polar surface area (TPSA) is 371 Å². The van der Waals surface area contributed by atoms with Crippen LogP contribution < -0.4 is 53.2 Å². The Morgan fingerprint density at radius 1 is 0.648 bits per heavy atom. The van der Waals surface area contributed by atoms with E-state index < -0.39 is 22.5 Å². The summed E-state index contributed by atoms with van der Waals surface area (Å²) in [5, 5.41) is 5.75. The van der Waals surface area contributed by atoms with E-state index in [1.807, 2.05) is 0 Å². The number of carbonyl (C=O) groups excluding carboxylic acids is 4. The van der Waals surface area contributed by atoms with Crippen LogP contribution in [-0.2, 0) is 33.1 Å². The van der Waals surface area contributed by atoms with Gasteiger partial charge in [-0.25, -0.2) is 18.4 Å². The smallest absolute Gasteiger partial charge is 0.399 e. The van der Waals surface area contributed by atoms with Gasteiger partial charge in [0.1, 0.15) is 29.1 Å². The Labute approximate surface area is 551 Å². The van der Waals surface area contributed by atoms with Gasteiger partial charge in [0.25, 0.3) is 0 Å². The van der Waals surface area contributed by atoms with Gasteiger partial charge in [-0.2, -0.15) is 23.4 Å². The zero-order valence-corrected chi connectivity index (χ0v) is 56.9. The highest BCUT2D eigenvalue weighted by Crippen LogP contribution is 2.31. The molecule has 10 N–H and O–H groups in total. The third kappa shape index (κ3) is 28.5. The van der Waals surface area contributed by atoms with E-state index in [1.54, 1.807) is 92.2 Å². The minimum Gasteiger partial charge on any atom is -0.481 e. The van der Waals surface area contributed by atoms with Gasteiger partial charge in [-0.05, 0) is 142 Å². The average molecular weight is 1630 g/mol. The van der Waals surface area contributed by atoms with Crippen LogP contribution in [0.5, 0.6) is 17.6 Å². The summed E-state index contributed by atoms with van der Waals surface area (Å²) in [7, 11) is 2.92. The summed E-state index contributed by atoms with van der Waals surface area (Å²) in [5.41, 5.74) is 17.2. The van der Waals surface area contributed by atoms with Crippen molar-refractivity contribution in [3.63, 3.8) is 0 Å². The van der Waals surface area contributed by atoms with E-state index in [9.17, 15) is 46.0 Å². The number of halogens is 8. The molecular formula is C54H54Br6F2N12O13S. The highest BCUT2D eigenvalue weighted by atomic mass is 80.9. The van der Waals surface area contributed by atoms with E-state index >= 15 is 0 Å². The Balaban J connectivity index is 0.000000368. The number of anilines is 4. The molecule has 2 amide bonds. The number of urea groups is 1. The monoisotopic (exact) mass is 1620 g/mol. The summed E-state index contributed by atoms with van der Waals surface area (Å²) in [4.78, 5) is 88.0. The molecule has 0 unspecified atom stereocenters. The Morgan fingerprint density at radius 3 is 1.64 bits per heavy atom. The fourth-order valence-electron chi connectivity index (χ4n) is 6.29. The first-order chi connectivity index (χ1) is 41.8. The number of methoxy groups -OCH3 is 3. The fraction of sp³-hybridized carbons (Fsp3) is 0.167. The van der Waals surface area contributed by atoms with Crippen molar-refractivity contribution in [2.75, 3.05) is 58.1 Å². The van der Waals surface area contributed by atoms with Crippen molar-refractivity contribution >= 4 is 155 Å². The number of ketones is 2. The molecule has 0 bridgehead atoms. The summed E-state index contributed by atoms with van der Waals surface area (Å²) in [6, 6.07) is 28.8. The fourth-order valence-corrected chi connectivity index (χ4v) is 7.51. The van der Waals surface area contributed by atoms with Crippen LogP contribution in [0, 0.1) is 11.6 Å². The number of aromatic nitrogens is 5. The summed E-state index contributed by atoms with van der Waals surface area (Å²) in [6.07, 6.45) is 7.86. The van der Waals surface area contributed by atoms with Gasteiger partial charge in [-0.3, -0.25) is 37.8 Å². The van der Waals surface area contributed by atoms with Gasteiger partial charge in [-0.1, -0.05) is 30.3 Å². The summed E-state index contributed by atoms with van der Waals surface area (Å²) in [5.74, 6) is 2.40. The van der Waals surface area contributed by atoms with Crippen molar-refractivity contribution in [3.8, 4) is 17.6 Å². The van der Waals surface area contributed by atoms with Crippen LogP contribution in [-0.4, -0.2) is 97.5 Å². The molecule has 2 aliphatic rings. The third-order valence-electron chi connectivity index (χ3n) is 10.5.